The zero-order valence-electron chi connectivity index (χ0n) is 25.1. The van der Waals surface area contributed by atoms with Gasteiger partial charge in [-0.05, 0) is 86.1 Å². The minimum absolute atomic E-state index is 0.0598. The van der Waals surface area contributed by atoms with Gasteiger partial charge in [-0.15, -0.1) is 0 Å². The average molecular weight is 581 g/mol. The molecule has 2 saturated carbocycles. The topological polar surface area (TPSA) is 95.5 Å². The summed E-state index contributed by atoms with van der Waals surface area (Å²) in [5.41, 5.74) is 7.22. The van der Waals surface area contributed by atoms with Crippen molar-refractivity contribution in [2.24, 2.45) is 29.6 Å². The highest BCUT2D eigenvalue weighted by Gasteiger charge is 2.47. The second kappa shape index (κ2) is 14.6. The Labute approximate surface area is 255 Å². The molecule has 0 saturated heterocycles. The van der Waals surface area contributed by atoms with Gasteiger partial charge in [-0.2, -0.15) is 0 Å². The van der Waals surface area contributed by atoms with Crippen LogP contribution >= 0.6 is 0 Å². The van der Waals surface area contributed by atoms with Crippen LogP contribution in [0.15, 0.2) is 78.9 Å². The average Bonchev–Trinajstić information content (AvgIpc) is 3.41. The summed E-state index contributed by atoms with van der Waals surface area (Å²) in [6.45, 7) is 2.08. The van der Waals surface area contributed by atoms with E-state index in [2.05, 4.69) is 60.8 Å². The van der Waals surface area contributed by atoms with Crippen molar-refractivity contribution < 1.29 is 19.6 Å². The summed E-state index contributed by atoms with van der Waals surface area (Å²) in [6, 6.07) is 26.4. The molecule has 3 unspecified atom stereocenters. The number of hydroxylamine groups is 1. The van der Waals surface area contributed by atoms with Crippen LogP contribution < -0.4 is 10.8 Å². The summed E-state index contributed by atoms with van der Waals surface area (Å²) in [6.07, 6.45) is 8.10. The van der Waals surface area contributed by atoms with E-state index in [4.69, 9.17) is 0 Å². The van der Waals surface area contributed by atoms with Gasteiger partial charge < -0.3 is 5.32 Å². The van der Waals surface area contributed by atoms with Gasteiger partial charge in [-0.25, -0.2) is 5.48 Å². The highest BCUT2D eigenvalue weighted by molar-refractivity contribution is 5.98. The predicted molar refractivity (Wildman–Crippen MR) is 169 cm³/mol. The summed E-state index contributed by atoms with van der Waals surface area (Å²) >= 11 is 0. The Morgan fingerprint density at radius 1 is 0.814 bits per heavy atom. The number of benzene rings is 3. The van der Waals surface area contributed by atoms with E-state index in [9.17, 15) is 19.6 Å². The second-order valence-corrected chi connectivity index (χ2v) is 12.6. The summed E-state index contributed by atoms with van der Waals surface area (Å²) in [5, 5.41) is 12.4. The molecule has 43 heavy (non-hydrogen) atoms. The molecule has 2 aliphatic rings. The van der Waals surface area contributed by atoms with Crippen LogP contribution in [-0.4, -0.2) is 22.8 Å². The van der Waals surface area contributed by atoms with Gasteiger partial charge in [-0.3, -0.25) is 19.6 Å². The van der Waals surface area contributed by atoms with Crippen LogP contribution in [0.1, 0.15) is 68.9 Å². The Morgan fingerprint density at radius 2 is 1.44 bits per heavy atom. The molecule has 3 aromatic rings. The quantitative estimate of drug-likeness (QED) is 0.161. The Kier molecular flexibility index (Phi) is 10.4. The van der Waals surface area contributed by atoms with Crippen molar-refractivity contribution in [3.8, 4) is 11.1 Å². The van der Waals surface area contributed by atoms with Crippen molar-refractivity contribution in [2.45, 2.75) is 71.1 Å². The molecule has 3 aromatic carbocycles. The molecule has 2 amide bonds. The second-order valence-electron chi connectivity index (χ2n) is 12.6. The standard InChI is InChI=1S/C37H44N2O4/c1-25-12-17-27(18-13-25)28-19-14-26(15-20-28)16-21-30(24-34(40)39-43)32-22-23-33(36(32)41)35(29-8-4-2-5-9-29)37(42)38-31-10-6-3-7-11-31/h3,6-7,10-15,17-20,29-30,32-33,35,43H,2,4-5,8-9,16,21-24H2,1H3,(H,38,42)(H,39,40)/t30?,32-,33?,35?/m1/s1. The lowest BCUT2D eigenvalue weighted by molar-refractivity contribution is -0.135. The maximum atomic E-state index is 14.1. The maximum absolute atomic E-state index is 14.1. The van der Waals surface area contributed by atoms with Crippen molar-refractivity contribution in [2.75, 3.05) is 5.32 Å². The molecule has 4 atom stereocenters. The number of ketones is 1. The molecule has 2 aliphatic carbocycles. The van der Waals surface area contributed by atoms with Gasteiger partial charge in [0, 0.05) is 23.9 Å². The lowest BCUT2D eigenvalue weighted by Gasteiger charge is -2.33. The van der Waals surface area contributed by atoms with Gasteiger partial charge in [0.05, 0.1) is 5.92 Å². The van der Waals surface area contributed by atoms with Gasteiger partial charge in [0.15, 0.2) is 0 Å². The Balaban J connectivity index is 1.30. The molecule has 0 aliphatic heterocycles. The van der Waals surface area contributed by atoms with E-state index in [0.29, 0.717) is 19.3 Å². The first kappa shape index (κ1) is 30.7. The minimum atomic E-state index is -0.471. The first-order valence-corrected chi connectivity index (χ1v) is 15.9. The molecule has 226 valence electrons. The van der Waals surface area contributed by atoms with Crippen molar-refractivity contribution >= 4 is 23.3 Å². The number of carbonyl (C=O) groups is 3. The summed E-state index contributed by atoms with van der Waals surface area (Å²) in [7, 11) is 0. The fourth-order valence-corrected chi connectivity index (χ4v) is 7.40. The van der Waals surface area contributed by atoms with Crippen molar-refractivity contribution in [1.82, 2.24) is 5.48 Å². The third-order valence-corrected chi connectivity index (χ3v) is 9.74. The van der Waals surface area contributed by atoms with Gasteiger partial charge in [0.2, 0.25) is 11.8 Å². The van der Waals surface area contributed by atoms with E-state index >= 15 is 0 Å². The van der Waals surface area contributed by atoms with Crippen LogP contribution in [0.4, 0.5) is 5.69 Å². The summed E-state index contributed by atoms with van der Waals surface area (Å²) in [5.74, 6) is -1.43. The molecule has 6 nitrogen and oxygen atoms in total. The van der Waals surface area contributed by atoms with Crippen molar-refractivity contribution in [3.05, 3.63) is 90.0 Å². The van der Waals surface area contributed by atoms with Crippen LogP contribution in [0, 0.1) is 36.5 Å². The normalized spacial score (nSPS) is 20.4. The Hall–Kier alpha value is -3.77. The molecule has 0 spiro atoms. The van der Waals surface area contributed by atoms with E-state index in [1.54, 1.807) is 5.48 Å². The number of carbonyl (C=O) groups excluding carboxylic acids is 3. The molecule has 6 heteroatoms. The molecule has 0 radical (unpaired) electrons. The van der Waals surface area contributed by atoms with E-state index in [-0.39, 0.29) is 47.7 Å². The fraction of sp³-hybridized carbons (Fsp3) is 0.432. The molecule has 0 heterocycles. The highest BCUT2D eigenvalue weighted by Crippen LogP contribution is 2.45. The van der Waals surface area contributed by atoms with E-state index in [0.717, 1.165) is 48.9 Å². The van der Waals surface area contributed by atoms with Gasteiger partial charge in [0.25, 0.3) is 0 Å². The highest BCUT2D eigenvalue weighted by atomic mass is 16.5. The molecule has 5 rings (SSSR count). The zero-order chi connectivity index (χ0) is 30.2. The first-order valence-electron chi connectivity index (χ1n) is 15.9. The number of hydrogen-bond acceptors (Lipinski definition) is 4. The molecule has 3 N–H and O–H groups in total. The van der Waals surface area contributed by atoms with Crippen LogP contribution in [0.25, 0.3) is 11.1 Å². The first-order chi connectivity index (χ1) is 20.9. The number of aryl methyl sites for hydroxylation is 2. The van der Waals surface area contributed by atoms with Gasteiger partial charge >= 0.3 is 0 Å². The lowest BCUT2D eigenvalue weighted by Crippen LogP contribution is -2.39. The van der Waals surface area contributed by atoms with E-state index in [1.807, 2.05) is 30.3 Å². The van der Waals surface area contributed by atoms with Gasteiger partial charge in [0.1, 0.15) is 5.78 Å². The van der Waals surface area contributed by atoms with Crippen molar-refractivity contribution in [1.29, 1.82) is 0 Å². The molecule has 0 bridgehead atoms. The number of nitrogens with one attached hydrogen (secondary N) is 2. The predicted octanol–water partition coefficient (Wildman–Crippen LogP) is 7.54. The molecule has 2 fully saturated rings. The molecular formula is C37H44N2O4. The lowest BCUT2D eigenvalue weighted by atomic mass is 9.71. The van der Waals surface area contributed by atoms with E-state index in [1.165, 1.54) is 17.5 Å². The number of para-hydroxylation sites is 1. The summed E-state index contributed by atoms with van der Waals surface area (Å²) < 4.78 is 0. The zero-order valence-corrected chi connectivity index (χ0v) is 25.1. The van der Waals surface area contributed by atoms with Crippen molar-refractivity contribution in [3.63, 3.8) is 0 Å². The van der Waals surface area contributed by atoms with Crippen LogP contribution in [-0.2, 0) is 20.8 Å². The van der Waals surface area contributed by atoms with Gasteiger partial charge in [-0.1, -0.05) is 91.6 Å². The third-order valence-electron chi connectivity index (χ3n) is 9.74. The number of amides is 2. The Bertz CT molecular complexity index is 1360. The number of anilines is 1. The Morgan fingerprint density at radius 3 is 2.09 bits per heavy atom. The number of Topliss-reactive ketones (excluding diaryl/α,β-unsaturated/α-hetero) is 1. The smallest absolute Gasteiger partial charge is 0.243 e. The molecular weight excluding hydrogens is 536 g/mol. The molecule has 0 aromatic heterocycles. The SMILES string of the molecule is Cc1ccc(-c2ccc(CCC(CC(=O)NO)[C@H]3CCC(C(C(=O)Nc4ccccc4)C4CCCCC4)C3=O)cc2)cc1. The van der Waals surface area contributed by atoms with E-state index < -0.39 is 5.91 Å². The summed E-state index contributed by atoms with van der Waals surface area (Å²) in [4.78, 5) is 40.2. The minimum Gasteiger partial charge on any atom is -0.326 e. The monoisotopic (exact) mass is 580 g/mol. The van der Waals surface area contributed by atoms with Crippen LogP contribution in [0.3, 0.4) is 0 Å². The largest absolute Gasteiger partial charge is 0.326 e. The van der Waals surface area contributed by atoms with Crippen LogP contribution in [0.5, 0.6) is 0 Å². The fourth-order valence-electron chi connectivity index (χ4n) is 7.40. The maximum Gasteiger partial charge on any atom is 0.243 e. The number of hydrogen-bond donors (Lipinski definition) is 3. The van der Waals surface area contributed by atoms with Crippen LogP contribution in [0.2, 0.25) is 0 Å². The third kappa shape index (κ3) is 7.80. The number of rotatable bonds is 11.